The summed E-state index contributed by atoms with van der Waals surface area (Å²) in [5.74, 6) is -0.838. The summed E-state index contributed by atoms with van der Waals surface area (Å²) in [6.45, 7) is 2.88. The average Bonchev–Trinajstić information content (AvgIpc) is 2.02. The molecule has 0 unspecified atom stereocenters. The molecule has 2 amide bonds. The number of nitrogens with one attached hydrogen (secondary N) is 2. The molecule has 3 N–H and O–H groups in total. The smallest absolute Gasteiger partial charge is 0.249 e. The van der Waals surface area contributed by atoms with E-state index in [1.54, 1.807) is 6.92 Å². The second-order valence-corrected chi connectivity index (χ2v) is 2.52. The van der Waals surface area contributed by atoms with Crippen molar-refractivity contribution in [1.82, 2.24) is 10.6 Å². The first kappa shape index (κ1) is 10.9. The van der Waals surface area contributed by atoms with Crippen molar-refractivity contribution in [3.63, 3.8) is 0 Å². The van der Waals surface area contributed by atoms with Gasteiger partial charge in [0, 0.05) is 7.05 Å². The summed E-state index contributed by atoms with van der Waals surface area (Å²) in [6.07, 6.45) is -1.09. The van der Waals surface area contributed by atoms with Crippen molar-refractivity contribution in [1.29, 1.82) is 0 Å². The predicted molar refractivity (Wildman–Crippen MR) is 43.4 cm³/mol. The third-order valence-electron chi connectivity index (χ3n) is 1.38. The standard InChI is InChI=1S/C7H14N2O3/c1-4(6(11)8-3)9-7(12)5(2)10/h4-5,10H,1-3H3,(H,8,11)(H,9,12)/t4-,5+/m1/s1. The lowest BCUT2D eigenvalue weighted by Crippen LogP contribution is -2.46. The number of aliphatic hydroxyl groups is 1. The molecule has 0 aliphatic heterocycles. The Hall–Kier alpha value is -1.10. The van der Waals surface area contributed by atoms with Crippen LogP contribution in [0.4, 0.5) is 0 Å². The number of hydrogen-bond donors (Lipinski definition) is 3. The summed E-state index contributed by atoms with van der Waals surface area (Å²) in [4.78, 5) is 21.7. The first-order chi connectivity index (χ1) is 5.49. The van der Waals surface area contributed by atoms with Gasteiger partial charge < -0.3 is 15.7 Å². The van der Waals surface area contributed by atoms with Gasteiger partial charge in [0.25, 0.3) is 0 Å². The molecule has 0 bridgehead atoms. The van der Waals surface area contributed by atoms with Gasteiger partial charge in [0.15, 0.2) is 0 Å². The second kappa shape index (κ2) is 4.71. The van der Waals surface area contributed by atoms with Crippen molar-refractivity contribution >= 4 is 11.8 Å². The monoisotopic (exact) mass is 174 g/mol. The lowest BCUT2D eigenvalue weighted by atomic mass is 10.3. The molecule has 0 rings (SSSR count). The molecule has 70 valence electrons. The van der Waals surface area contributed by atoms with Crippen molar-refractivity contribution in [2.75, 3.05) is 7.05 Å². The zero-order chi connectivity index (χ0) is 9.72. The molecule has 0 aromatic carbocycles. The Labute approximate surface area is 71.1 Å². The van der Waals surface area contributed by atoms with E-state index in [0.717, 1.165) is 0 Å². The van der Waals surface area contributed by atoms with E-state index in [0.29, 0.717) is 0 Å². The number of hydrogen-bond acceptors (Lipinski definition) is 3. The number of likely N-dealkylation sites (N-methyl/N-ethyl adjacent to an activating group) is 1. The van der Waals surface area contributed by atoms with E-state index in [1.165, 1.54) is 14.0 Å². The summed E-state index contributed by atoms with van der Waals surface area (Å²) < 4.78 is 0. The number of carbonyl (C=O) groups excluding carboxylic acids is 2. The van der Waals surface area contributed by atoms with E-state index in [9.17, 15) is 9.59 Å². The van der Waals surface area contributed by atoms with Gasteiger partial charge in [0.2, 0.25) is 11.8 Å². The van der Waals surface area contributed by atoms with E-state index >= 15 is 0 Å². The molecule has 0 spiro atoms. The Morgan fingerprint density at radius 3 is 2.08 bits per heavy atom. The quantitative estimate of drug-likeness (QED) is 0.493. The van der Waals surface area contributed by atoms with Crippen LogP contribution in [-0.2, 0) is 9.59 Å². The Morgan fingerprint density at radius 2 is 1.75 bits per heavy atom. The lowest BCUT2D eigenvalue weighted by Gasteiger charge is -2.13. The van der Waals surface area contributed by atoms with Gasteiger partial charge >= 0.3 is 0 Å². The number of aliphatic hydroxyl groups excluding tert-OH is 1. The molecule has 0 fully saturated rings. The van der Waals surface area contributed by atoms with Gasteiger partial charge in [0.05, 0.1) is 0 Å². The van der Waals surface area contributed by atoms with E-state index in [2.05, 4.69) is 10.6 Å². The molecule has 5 heteroatoms. The summed E-state index contributed by atoms with van der Waals surface area (Å²) in [5, 5.41) is 13.5. The highest BCUT2D eigenvalue weighted by molar-refractivity contribution is 5.88. The van der Waals surface area contributed by atoms with Gasteiger partial charge in [-0.15, -0.1) is 0 Å². The molecule has 0 heterocycles. The fraction of sp³-hybridized carbons (Fsp3) is 0.714. The zero-order valence-corrected chi connectivity index (χ0v) is 7.42. The molecule has 0 aromatic rings. The van der Waals surface area contributed by atoms with Crippen molar-refractivity contribution in [3.05, 3.63) is 0 Å². The Kier molecular flexibility index (Phi) is 4.28. The molecule has 0 saturated carbocycles. The van der Waals surface area contributed by atoms with Crippen LogP contribution < -0.4 is 10.6 Å². The highest BCUT2D eigenvalue weighted by atomic mass is 16.3. The summed E-state index contributed by atoms with van der Waals surface area (Å²) >= 11 is 0. The van der Waals surface area contributed by atoms with Gasteiger partial charge in [-0.3, -0.25) is 9.59 Å². The SMILES string of the molecule is CNC(=O)[C@@H](C)NC(=O)[C@H](C)O. The van der Waals surface area contributed by atoms with Crippen molar-refractivity contribution in [2.45, 2.75) is 26.0 Å². The molecule has 0 aromatic heterocycles. The van der Waals surface area contributed by atoms with Crippen molar-refractivity contribution in [2.24, 2.45) is 0 Å². The molecule has 0 saturated heterocycles. The average molecular weight is 174 g/mol. The topological polar surface area (TPSA) is 78.4 Å². The molecule has 0 aliphatic rings. The maximum absolute atomic E-state index is 10.9. The summed E-state index contributed by atoms with van der Waals surface area (Å²) in [5.41, 5.74) is 0. The van der Waals surface area contributed by atoms with E-state index in [-0.39, 0.29) is 5.91 Å². The normalized spacial score (nSPS) is 14.7. The molecule has 0 radical (unpaired) electrons. The zero-order valence-electron chi connectivity index (χ0n) is 7.42. The molecule has 5 nitrogen and oxygen atoms in total. The van der Waals surface area contributed by atoms with Crippen LogP contribution in [0.25, 0.3) is 0 Å². The minimum Gasteiger partial charge on any atom is -0.384 e. The molecule has 0 aliphatic carbocycles. The number of amides is 2. The van der Waals surface area contributed by atoms with E-state index in [4.69, 9.17) is 5.11 Å². The summed E-state index contributed by atoms with van der Waals surface area (Å²) in [7, 11) is 1.48. The molecule has 2 atom stereocenters. The molecular weight excluding hydrogens is 160 g/mol. The van der Waals surface area contributed by atoms with Crippen LogP contribution in [0.5, 0.6) is 0 Å². The minimum absolute atomic E-state index is 0.288. The summed E-state index contributed by atoms with van der Waals surface area (Å²) in [6, 6.07) is -0.614. The van der Waals surface area contributed by atoms with Crippen LogP contribution in [0, 0.1) is 0 Å². The van der Waals surface area contributed by atoms with Crippen LogP contribution >= 0.6 is 0 Å². The fourth-order valence-corrected chi connectivity index (χ4v) is 0.616. The van der Waals surface area contributed by atoms with Gasteiger partial charge in [-0.2, -0.15) is 0 Å². The Balaban J connectivity index is 3.92. The van der Waals surface area contributed by atoms with Crippen LogP contribution in [0.15, 0.2) is 0 Å². The van der Waals surface area contributed by atoms with Gasteiger partial charge in [-0.25, -0.2) is 0 Å². The first-order valence-electron chi connectivity index (χ1n) is 3.69. The minimum atomic E-state index is -1.09. The maximum atomic E-state index is 10.9. The van der Waals surface area contributed by atoms with E-state index < -0.39 is 18.1 Å². The third-order valence-corrected chi connectivity index (χ3v) is 1.38. The highest BCUT2D eigenvalue weighted by Crippen LogP contribution is 1.85. The third kappa shape index (κ3) is 3.34. The predicted octanol–water partition coefficient (Wildman–Crippen LogP) is -1.38. The lowest BCUT2D eigenvalue weighted by molar-refractivity contribution is -0.132. The highest BCUT2D eigenvalue weighted by Gasteiger charge is 2.16. The van der Waals surface area contributed by atoms with Crippen LogP contribution in [0.2, 0.25) is 0 Å². The van der Waals surface area contributed by atoms with Crippen LogP contribution in [-0.4, -0.2) is 36.1 Å². The largest absolute Gasteiger partial charge is 0.384 e. The Morgan fingerprint density at radius 1 is 1.25 bits per heavy atom. The maximum Gasteiger partial charge on any atom is 0.249 e. The van der Waals surface area contributed by atoms with Gasteiger partial charge in [-0.05, 0) is 13.8 Å². The van der Waals surface area contributed by atoms with Crippen LogP contribution in [0.3, 0.4) is 0 Å². The van der Waals surface area contributed by atoms with E-state index in [1.807, 2.05) is 0 Å². The number of rotatable bonds is 3. The second-order valence-electron chi connectivity index (χ2n) is 2.52. The molecular formula is C7H14N2O3. The van der Waals surface area contributed by atoms with Crippen molar-refractivity contribution < 1.29 is 14.7 Å². The first-order valence-corrected chi connectivity index (χ1v) is 3.69. The number of carbonyl (C=O) groups is 2. The van der Waals surface area contributed by atoms with Gasteiger partial charge in [0.1, 0.15) is 12.1 Å². The van der Waals surface area contributed by atoms with Gasteiger partial charge in [-0.1, -0.05) is 0 Å². The fourth-order valence-electron chi connectivity index (χ4n) is 0.616. The van der Waals surface area contributed by atoms with Crippen molar-refractivity contribution in [3.8, 4) is 0 Å². The molecule has 12 heavy (non-hydrogen) atoms. The van der Waals surface area contributed by atoms with Crippen LogP contribution in [0.1, 0.15) is 13.8 Å². The Bertz CT molecular complexity index is 179.